The van der Waals surface area contributed by atoms with Crippen LogP contribution in [0.1, 0.15) is 31.4 Å². The van der Waals surface area contributed by atoms with Gasteiger partial charge in [-0.1, -0.05) is 12.1 Å². The number of carbonyl (C=O) groups is 1. The monoisotopic (exact) mass is 220 g/mol. The van der Waals surface area contributed by atoms with Crippen molar-refractivity contribution < 1.29 is 4.79 Å². The molecule has 3 heteroatoms. The third-order valence-corrected chi connectivity index (χ3v) is 2.43. The predicted octanol–water partition coefficient (Wildman–Crippen LogP) is 2.03. The number of anilines is 1. The topological polar surface area (TPSA) is 55.1 Å². The van der Waals surface area contributed by atoms with Gasteiger partial charge in [0.1, 0.15) is 0 Å². The molecule has 0 saturated carbocycles. The average molecular weight is 220 g/mol. The number of carbonyl (C=O) groups excluding carboxylic acids is 1. The van der Waals surface area contributed by atoms with Crippen molar-refractivity contribution in [1.29, 1.82) is 0 Å². The van der Waals surface area contributed by atoms with E-state index >= 15 is 0 Å². The lowest BCUT2D eigenvalue weighted by Gasteiger charge is -2.08. The zero-order valence-electron chi connectivity index (χ0n) is 10.2. The molecule has 0 aliphatic rings. The number of hydrogen-bond acceptors (Lipinski definition) is 2. The molecule has 0 aliphatic carbocycles. The van der Waals surface area contributed by atoms with Crippen LogP contribution in [-0.2, 0) is 11.2 Å². The van der Waals surface area contributed by atoms with Crippen LogP contribution in [0.15, 0.2) is 18.2 Å². The van der Waals surface area contributed by atoms with Crippen LogP contribution in [0.5, 0.6) is 0 Å². The van der Waals surface area contributed by atoms with Crippen molar-refractivity contribution >= 4 is 11.6 Å². The minimum absolute atomic E-state index is 0.0918. The third-order valence-electron chi connectivity index (χ3n) is 2.43. The first kappa shape index (κ1) is 12.6. The fraction of sp³-hybridized carbons (Fsp3) is 0.462. The molecule has 0 aromatic heterocycles. The fourth-order valence-corrected chi connectivity index (χ4v) is 1.50. The van der Waals surface area contributed by atoms with Crippen LogP contribution < -0.4 is 11.1 Å². The highest BCUT2D eigenvalue weighted by molar-refractivity contribution is 5.76. The normalized spacial score (nSPS) is 10.5. The van der Waals surface area contributed by atoms with Gasteiger partial charge in [0, 0.05) is 18.2 Å². The van der Waals surface area contributed by atoms with Gasteiger partial charge in [0.25, 0.3) is 0 Å². The Hall–Kier alpha value is -1.51. The summed E-state index contributed by atoms with van der Waals surface area (Å²) in [6.07, 6.45) is 1.25. The molecule has 1 amide bonds. The SMILES string of the molecule is Cc1ccc(CCC(=O)NC(C)C)cc1N. The van der Waals surface area contributed by atoms with Gasteiger partial charge in [-0.05, 0) is 44.4 Å². The van der Waals surface area contributed by atoms with Gasteiger partial charge in [-0.25, -0.2) is 0 Å². The quantitative estimate of drug-likeness (QED) is 0.763. The molecule has 1 aromatic carbocycles. The predicted molar refractivity (Wildman–Crippen MR) is 67.2 cm³/mol. The van der Waals surface area contributed by atoms with Crippen LogP contribution >= 0.6 is 0 Å². The minimum atomic E-state index is 0.0918. The van der Waals surface area contributed by atoms with Gasteiger partial charge in [-0.2, -0.15) is 0 Å². The molecule has 0 bridgehead atoms. The van der Waals surface area contributed by atoms with Crippen LogP contribution in [0, 0.1) is 6.92 Å². The van der Waals surface area contributed by atoms with Crippen molar-refractivity contribution in [2.45, 2.75) is 39.7 Å². The lowest BCUT2D eigenvalue weighted by Crippen LogP contribution is -2.30. The molecule has 0 fully saturated rings. The molecule has 1 aromatic rings. The molecule has 0 radical (unpaired) electrons. The van der Waals surface area contributed by atoms with E-state index in [9.17, 15) is 4.79 Å². The van der Waals surface area contributed by atoms with Crippen molar-refractivity contribution in [3.63, 3.8) is 0 Å². The standard InChI is InChI=1S/C13H20N2O/c1-9(2)15-13(16)7-6-11-5-4-10(3)12(14)8-11/h4-5,8-9H,6-7,14H2,1-3H3,(H,15,16). The Kier molecular flexibility index (Phi) is 4.35. The molecular weight excluding hydrogens is 200 g/mol. The fourth-order valence-electron chi connectivity index (χ4n) is 1.50. The number of benzene rings is 1. The summed E-state index contributed by atoms with van der Waals surface area (Å²) < 4.78 is 0. The zero-order chi connectivity index (χ0) is 12.1. The van der Waals surface area contributed by atoms with Gasteiger partial charge < -0.3 is 11.1 Å². The smallest absolute Gasteiger partial charge is 0.220 e. The van der Waals surface area contributed by atoms with E-state index in [1.54, 1.807) is 0 Å². The lowest BCUT2D eigenvalue weighted by molar-refractivity contribution is -0.121. The summed E-state index contributed by atoms with van der Waals surface area (Å²) in [5, 5.41) is 2.87. The second-order valence-electron chi connectivity index (χ2n) is 4.41. The van der Waals surface area contributed by atoms with E-state index in [1.807, 2.05) is 39.0 Å². The van der Waals surface area contributed by atoms with E-state index in [4.69, 9.17) is 5.73 Å². The number of amides is 1. The van der Waals surface area contributed by atoms with Crippen molar-refractivity contribution in [2.75, 3.05) is 5.73 Å². The second kappa shape index (κ2) is 5.54. The number of hydrogen-bond donors (Lipinski definition) is 2. The summed E-state index contributed by atoms with van der Waals surface area (Å²) >= 11 is 0. The Morgan fingerprint density at radius 3 is 2.69 bits per heavy atom. The Labute approximate surface area is 97.0 Å². The molecule has 0 aliphatic heterocycles. The van der Waals surface area contributed by atoms with Gasteiger partial charge in [-0.15, -0.1) is 0 Å². The summed E-state index contributed by atoms with van der Waals surface area (Å²) in [5.74, 6) is 0.0918. The maximum absolute atomic E-state index is 11.4. The van der Waals surface area contributed by atoms with Gasteiger partial charge in [-0.3, -0.25) is 4.79 Å². The first-order valence-corrected chi connectivity index (χ1v) is 5.63. The van der Waals surface area contributed by atoms with Crippen molar-refractivity contribution in [3.8, 4) is 0 Å². The lowest BCUT2D eigenvalue weighted by atomic mass is 10.1. The van der Waals surface area contributed by atoms with E-state index in [1.165, 1.54) is 0 Å². The molecular formula is C13H20N2O. The van der Waals surface area contributed by atoms with Crippen LogP contribution in [-0.4, -0.2) is 11.9 Å². The van der Waals surface area contributed by atoms with E-state index in [0.29, 0.717) is 6.42 Å². The number of nitrogens with two attached hydrogens (primary N) is 1. The van der Waals surface area contributed by atoms with Crippen molar-refractivity contribution in [2.24, 2.45) is 0 Å². The highest BCUT2D eigenvalue weighted by Gasteiger charge is 2.04. The molecule has 1 rings (SSSR count). The molecule has 0 saturated heterocycles. The first-order chi connectivity index (χ1) is 7.49. The Morgan fingerprint density at radius 2 is 2.12 bits per heavy atom. The van der Waals surface area contributed by atoms with Crippen LogP contribution in [0.3, 0.4) is 0 Å². The van der Waals surface area contributed by atoms with Gasteiger partial charge >= 0.3 is 0 Å². The van der Waals surface area contributed by atoms with Gasteiger partial charge in [0.05, 0.1) is 0 Å². The minimum Gasteiger partial charge on any atom is -0.399 e. The summed E-state index contributed by atoms with van der Waals surface area (Å²) in [6, 6.07) is 6.16. The zero-order valence-corrected chi connectivity index (χ0v) is 10.2. The van der Waals surface area contributed by atoms with Crippen LogP contribution in [0.25, 0.3) is 0 Å². The molecule has 0 heterocycles. The molecule has 0 atom stereocenters. The van der Waals surface area contributed by atoms with E-state index in [-0.39, 0.29) is 11.9 Å². The van der Waals surface area contributed by atoms with Crippen molar-refractivity contribution in [3.05, 3.63) is 29.3 Å². The van der Waals surface area contributed by atoms with Gasteiger partial charge in [0.15, 0.2) is 0 Å². The number of nitrogens with one attached hydrogen (secondary N) is 1. The average Bonchev–Trinajstić information content (AvgIpc) is 2.19. The molecule has 0 spiro atoms. The molecule has 88 valence electrons. The number of aryl methyl sites for hydroxylation is 2. The van der Waals surface area contributed by atoms with Crippen molar-refractivity contribution in [1.82, 2.24) is 5.32 Å². The maximum atomic E-state index is 11.4. The van der Waals surface area contributed by atoms with E-state index in [0.717, 1.165) is 23.2 Å². The molecule has 16 heavy (non-hydrogen) atoms. The molecule has 0 unspecified atom stereocenters. The highest BCUT2D eigenvalue weighted by Crippen LogP contribution is 2.14. The summed E-state index contributed by atoms with van der Waals surface area (Å²) in [4.78, 5) is 11.4. The second-order valence-corrected chi connectivity index (χ2v) is 4.41. The van der Waals surface area contributed by atoms with E-state index < -0.39 is 0 Å². The third kappa shape index (κ3) is 3.93. The Morgan fingerprint density at radius 1 is 1.44 bits per heavy atom. The van der Waals surface area contributed by atoms with Gasteiger partial charge in [0.2, 0.25) is 5.91 Å². The largest absolute Gasteiger partial charge is 0.399 e. The van der Waals surface area contributed by atoms with E-state index in [2.05, 4.69) is 5.32 Å². The molecule has 3 N–H and O–H groups in total. The highest BCUT2D eigenvalue weighted by atomic mass is 16.1. The number of rotatable bonds is 4. The van der Waals surface area contributed by atoms with Crippen LogP contribution in [0.4, 0.5) is 5.69 Å². The van der Waals surface area contributed by atoms with Crippen LogP contribution in [0.2, 0.25) is 0 Å². The summed E-state index contributed by atoms with van der Waals surface area (Å²) in [6.45, 7) is 5.90. The Bertz CT molecular complexity index is 372. The summed E-state index contributed by atoms with van der Waals surface area (Å²) in [5.41, 5.74) is 8.79. The molecule has 3 nitrogen and oxygen atoms in total. The summed E-state index contributed by atoms with van der Waals surface area (Å²) in [7, 11) is 0. The maximum Gasteiger partial charge on any atom is 0.220 e. The number of nitrogen functional groups attached to an aromatic ring is 1. The Balaban J connectivity index is 2.48. The first-order valence-electron chi connectivity index (χ1n) is 5.63.